The van der Waals surface area contributed by atoms with Crippen molar-refractivity contribution in [2.45, 2.75) is 25.7 Å². The van der Waals surface area contributed by atoms with Crippen molar-refractivity contribution in [1.82, 2.24) is 5.32 Å². The summed E-state index contributed by atoms with van der Waals surface area (Å²) in [7, 11) is 0. The van der Waals surface area contributed by atoms with Crippen molar-refractivity contribution in [2.75, 3.05) is 23.7 Å². The van der Waals surface area contributed by atoms with Crippen molar-refractivity contribution >= 4 is 23.2 Å². The number of hydrogen-bond donors (Lipinski definition) is 3. The fraction of sp³-hybridized carbons (Fsp3) is 0.467. The highest BCUT2D eigenvalue weighted by molar-refractivity contribution is 5.96. The molecular weight excluding hydrogens is 254 g/mol. The Labute approximate surface area is 118 Å². The number of rotatable bonds is 2. The van der Waals surface area contributed by atoms with E-state index in [2.05, 4.69) is 16.0 Å². The number of amides is 2. The number of benzene rings is 1. The van der Waals surface area contributed by atoms with E-state index in [1.807, 2.05) is 18.2 Å². The van der Waals surface area contributed by atoms with E-state index in [0.29, 0.717) is 6.42 Å². The van der Waals surface area contributed by atoms with Gasteiger partial charge in [-0.2, -0.15) is 0 Å². The first kappa shape index (κ1) is 13.1. The van der Waals surface area contributed by atoms with E-state index in [1.54, 1.807) is 0 Å². The Hall–Kier alpha value is -1.88. The van der Waals surface area contributed by atoms with Crippen molar-refractivity contribution in [1.29, 1.82) is 0 Å². The molecule has 5 heteroatoms. The number of carbonyl (C=O) groups excluding carboxylic acids is 2. The Kier molecular flexibility index (Phi) is 3.69. The molecule has 2 aliphatic heterocycles. The summed E-state index contributed by atoms with van der Waals surface area (Å²) >= 11 is 0. The number of hydrogen-bond acceptors (Lipinski definition) is 3. The van der Waals surface area contributed by atoms with Crippen LogP contribution in [0.4, 0.5) is 11.4 Å². The second-order valence-electron chi connectivity index (χ2n) is 5.45. The van der Waals surface area contributed by atoms with Gasteiger partial charge in [0, 0.05) is 24.3 Å². The van der Waals surface area contributed by atoms with Gasteiger partial charge < -0.3 is 16.0 Å². The van der Waals surface area contributed by atoms with Crippen LogP contribution in [0.2, 0.25) is 0 Å². The van der Waals surface area contributed by atoms with Gasteiger partial charge in [-0.25, -0.2) is 0 Å². The summed E-state index contributed by atoms with van der Waals surface area (Å²) in [5.74, 6) is 0.194. The zero-order valence-electron chi connectivity index (χ0n) is 11.4. The van der Waals surface area contributed by atoms with Gasteiger partial charge in [-0.15, -0.1) is 0 Å². The maximum absolute atomic E-state index is 12.2. The molecule has 20 heavy (non-hydrogen) atoms. The molecule has 2 heterocycles. The Morgan fingerprint density at radius 1 is 1.30 bits per heavy atom. The third-order valence-corrected chi connectivity index (χ3v) is 3.94. The van der Waals surface area contributed by atoms with Gasteiger partial charge in [0.15, 0.2) is 0 Å². The van der Waals surface area contributed by atoms with Gasteiger partial charge in [-0.3, -0.25) is 9.59 Å². The number of nitrogens with one attached hydrogen (secondary N) is 3. The van der Waals surface area contributed by atoms with Crippen LogP contribution >= 0.6 is 0 Å². The second-order valence-corrected chi connectivity index (χ2v) is 5.45. The number of piperidine rings is 1. The predicted molar refractivity (Wildman–Crippen MR) is 77.6 cm³/mol. The van der Waals surface area contributed by atoms with Crippen LogP contribution in [0.25, 0.3) is 0 Å². The maximum atomic E-state index is 12.2. The van der Waals surface area contributed by atoms with Crippen molar-refractivity contribution in [2.24, 2.45) is 5.92 Å². The lowest BCUT2D eigenvalue weighted by molar-refractivity contribution is -0.120. The smallest absolute Gasteiger partial charge is 0.228 e. The quantitative estimate of drug-likeness (QED) is 0.765. The lowest BCUT2D eigenvalue weighted by Crippen LogP contribution is -2.37. The summed E-state index contributed by atoms with van der Waals surface area (Å²) in [4.78, 5) is 23.5. The molecule has 0 radical (unpaired) electrons. The van der Waals surface area contributed by atoms with Gasteiger partial charge in [0.1, 0.15) is 0 Å². The van der Waals surface area contributed by atoms with E-state index in [-0.39, 0.29) is 17.7 Å². The summed E-state index contributed by atoms with van der Waals surface area (Å²) < 4.78 is 0. The van der Waals surface area contributed by atoms with Crippen LogP contribution in [0, 0.1) is 5.92 Å². The number of aryl methyl sites for hydroxylation is 1. The minimum atomic E-state index is 0.0551. The van der Waals surface area contributed by atoms with Gasteiger partial charge in [-0.1, -0.05) is 0 Å². The lowest BCUT2D eigenvalue weighted by Gasteiger charge is -2.22. The van der Waals surface area contributed by atoms with Gasteiger partial charge in [0.2, 0.25) is 11.8 Å². The molecule has 0 aromatic heterocycles. The zero-order chi connectivity index (χ0) is 13.9. The molecule has 0 aliphatic carbocycles. The molecule has 1 fully saturated rings. The summed E-state index contributed by atoms with van der Waals surface area (Å²) in [5, 5.41) is 9.07. The Morgan fingerprint density at radius 2 is 2.20 bits per heavy atom. The molecule has 1 atom stereocenters. The van der Waals surface area contributed by atoms with Crippen LogP contribution in [0.3, 0.4) is 0 Å². The van der Waals surface area contributed by atoms with Crippen LogP contribution in [-0.2, 0) is 16.0 Å². The molecule has 2 amide bonds. The molecule has 1 aromatic rings. The van der Waals surface area contributed by atoms with E-state index in [4.69, 9.17) is 0 Å². The molecule has 106 valence electrons. The van der Waals surface area contributed by atoms with E-state index >= 15 is 0 Å². The maximum Gasteiger partial charge on any atom is 0.228 e. The number of anilines is 2. The summed E-state index contributed by atoms with van der Waals surface area (Å²) in [6, 6.07) is 5.67. The van der Waals surface area contributed by atoms with Gasteiger partial charge in [-0.05, 0) is 49.6 Å². The Bertz CT molecular complexity index is 536. The lowest BCUT2D eigenvalue weighted by atomic mass is 9.98. The summed E-state index contributed by atoms with van der Waals surface area (Å²) in [6.07, 6.45) is 3.24. The van der Waals surface area contributed by atoms with Crippen LogP contribution < -0.4 is 16.0 Å². The number of fused-ring (bicyclic) bond motifs is 1. The van der Waals surface area contributed by atoms with Gasteiger partial charge in [0.05, 0.1) is 5.92 Å². The SMILES string of the molecule is O=C1CCc2cc(NC(=O)C3CCCNC3)ccc2N1. The molecular formula is C15H19N3O2. The van der Waals surface area contributed by atoms with Crippen molar-refractivity contribution in [3.8, 4) is 0 Å². The standard InChI is InChI=1S/C15H19N3O2/c19-14-6-3-10-8-12(4-5-13(10)18-14)17-15(20)11-2-1-7-16-9-11/h4-5,8,11,16H,1-3,6-7,9H2,(H,17,20)(H,18,19). The van der Waals surface area contributed by atoms with Crippen molar-refractivity contribution < 1.29 is 9.59 Å². The van der Waals surface area contributed by atoms with Crippen molar-refractivity contribution in [3.63, 3.8) is 0 Å². The topological polar surface area (TPSA) is 70.2 Å². The molecule has 2 aliphatic rings. The minimum Gasteiger partial charge on any atom is -0.326 e. The van der Waals surface area contributed by atoms with E-state index in [0.717, 1.165) is 49.3 Å². The van der Waals surface area contributed by atoms with E-state index in [1.165, 1.54) is 0 Å². The molecule has 0 saturated carbocycles. The molecule has 0 spiro atoms. The first-order chi connectivity index (χ1) is 9.72. The molecule has 5 nitrogen and oxygen atoms in total. The zero-order valence-corrected chi connectivity index (χ0v) is 11.4. The third-order valence-electron chi connectivity index (χ3n) is 3.94. The van der Waals surface area contributed by atoms with Gasteiger partial charge >= 0.3 is 0 Å². The average molecular weight is 273 g/mol. The fourth-order valence-corrected chi connectivity index (χ4v) is 2.78. The van der Waals surface area contributed by atoms with Crippen LogP contribution in [-0.4, -0.2) is 24.9 Å². The fourth-order valence-electron chi connectivity index (χ4n) is 2.78. The Morgan fingerprint density at radius 3 is 3.00 bits per heavy atom. The predicted octanol–water partition coefficient (Wildman–Crippen LogP) is 1.51. The molecule has 0 bridgehead atoms. The summed E-state index contributed by atoms with van der Waals surface area (Å²) in [6.45, 7) is 1.76. The highest BCUT2D eigenvalue weighted by atomic mass is 16.2. The van der Waals surface area contributed by atoms with Crippen LogP contribution in [0.1, 0.15) is 24.8 Å². The Balaban J connectivity index is 1.68. The monoisotopic (exact) mass is 273 g/mol. The second kappa shape index (κ2) is 5.63. The normalized spacial score (nSPS) is 21.8. The third kappa shape index (κ3) is 2.82. The van der Waals surface area contributed by atoms with E-state index < -0.39 is 0 Å². The van der Waals surface area contributed by atoms with Crippen LogP contribution in [0.5, 0.6) is 0 Å². The average Bonchev–Trinajstić information content (AvgIpc) is 2.48. The van der Waals surface area contributed by atoms with Crippen LogP contribution in [0.15, 0.2) is 18.2 Å². The molecule has 3 N–H and O–H groups in total. The highest BCUT2D eigenvalue weighted by Gasteiger charge is 2.21. The van der Waals surface area contributed by atoms with Crippen molar-refractivity contribution in [3.05, 3.63) is 23.8 Å². The first-order valence-electron chi connectivity index (χ1n) is 7.17. The number of carbonyl (C=O) groups is 2. The molecule has 1 saturated heterocycles. The summed E-state index contributed by atoms with van der Waals surface area (Å²) in [5.41, 5.74) is 2.76. The highest BCUT2D eigenvalue weighted by Crippen LogP contribution is 2.26. The van der Waals surface area contributed by atoms with Gasteiger partial charge in [0.25, 0.3) is 0 Å². The largest absolute Gasteiger partial charge is 0.326 e. The molecule has 3 rings (SSSR count). The van der Waals surface area contributed by atoms with E-state index in [9.17, 15) is 9.59 Å². The molecule has 1 unspecified atom stereocenters. The minimum absolute atomic E-state index is 0.0551. The first-order valence-corrected chi connectivity index (χ1v) is 7.17. The molecule has 1 aromatic carbocycles.